The van der Waals surface area contributed by atoms with Gasteiger partial charge in [-0.3, -0.25) is 0 Å². The topological polar surface area (TPSA) is 49.7 Å². The predicted octanol–water partition coefficient (Wildman–Crippen LogP) is -0.613. The zero-order valence-corrected chi connectivity index (χ0v) is 5.10. The maximum absolute atomic E-state index is 8.68. The van der Waals surface area contributed by atoms with E-state index in [4.69, 9.17) is 14.9 Å². The van der Waals surface area contributed by atoms with Crippen molar-refractivity contribution >= 4 is 11.8 Å². The first-order chi connectivity index (χ1) is 3.83. The van der Waals surface area contributed by atoms with Gasteiger partial charge in [0.05, 0.1) is 6.61 Å². The number of hydrogen-bond acceptors (Lipinski definition) is 4. The number of aliphatic hydroxyl groups excluding tert-OH is 2. The molecule has 0 aromatic heterocycles. The quantitative estimate of drug-likeness (QED) is 0.504. The molecule has 1 aliphatic heterocycles. The van der Waals surface area contributed by atoms with Gasteiger partial charge in [-0.2, -0.15) is 0 Å². The number of thioether (sulfide) groups is 1. The Morgan fingerprint density at radius 1 is 1.75 bits per heavy atom. The average molecular weight is 136 g/mol. The van der Waals surface area contributed by atoms with Gasteiger partial charge in [-0.25, -0.2) is 0 Å². The molecule has 0 radical (unpaired) electrons. The summed E-state index contributed by atoms with van der Waals surface area (Å²) in [5.41, 5.74) is -0.204. The molecule has 1 fully saturated rings. The molecule has 1 aliphatic rings. The maximum atomic E-state index is 8.68. The van der Waals surface area contributed by atoms with Crippen molar-refractivity contribution in [1.29, 1.82) is 0 Å². The lowest BCUT2D eigenvalue weighted by atomic mass is 10.7. The average Bonchev–Trinajstić information content (AvgIpc) is 2.14. The van der Waals surface area contributed by atoms with Crippen LogP contribution in [0.1, 0.15) is 0 Å². The molecule has 3 nitrogen and oxygen atoms in total. The van der Waals surface area contributed by atoms with Gasteiger partial charge in [-0.05, 0) is 0 Å². The Balaban J connectivity index is 2.22. The molecular weight excluding hydrogens is 128 g/mol. The van der Waals surface area contributed by atoms with Gasteiger partial charge in [0.2, 0.25) is 0 Å². The fourth-order valence-electron chi connectivity index (χ4n) is 0.539. The molecule has 0 unspecified atom stereocenters. The van der Waals surface area contributed by atoms with Crippen molar-refractivity contribution in [3.8, 4) is 0 Å². The second-order valence-corrected chi connectivity index (χ2v) is 2.73. The molecule has 0 bridgehead atoms. The molecule has 1 saturated heterocycles. The van der Waals surface area contributed by atoms with E-state index in [0.29, 0.717) is 5.75 Å². The molecule has 8 heavy (non-hydrogen) atoms. The maximum Gasteiger partial charge on any atom is 0.165 e. The molecule has 2 atom stereocenters. The van der Waals surface area contributed by atoms with Crippen molar-refractivity contribution in [3.63, 3.8) is 0 Å². The first-order valence-electron chi connectivity index (χ1n) is 2.39. The molecule has 0 aliphatic carbocycles. The van der Waals surface area contributed by atoms with Crippen LogP contribution in [0.5, 0.6) is 0 Å². The van der Waals surface area contributed by atoms with Crippen molar-refractivity contribution in [1.82, 2.24) is 0 Å². The number of ether oxygens (including phenoxy) is 1. The minimum atomic E-state index is -0.669. The van der Waals surface area contributed by atoms with Crippen LogP contribution in [0.25, 0.3) is 0 Å². The largest absolute Gasteiger partial charge is 0.393 e. The van der Waals surface area contributed by atoms with Gasteiger partial charge < -0.3 is 14.9 Å². The van der Waals surface area contributed by atoms with Crippen molar-refractivity contribution in [3.05, 3.63) is 0 Å². The first kappa shape index (κ1) is 6.35. The van der Waals surface area contributed by atoms with Gasteiger partial charge in [-0.15, -0.1) is 11.8 Å². The van der Waals surface area contributed by atoms with E-state index in [1.54, 1.807) is 0 Å². The Labute approximate surface area is 51.7 Å². The van der Waals surface area contributed by atoms with E-state index in [9.17, 15) is 0 Å². The molecule has 2 N–H and O–H groups in total. The highest BCUT2D eigenvalue weighted by molar-refractivity contribution is 8.00. The number of hydrogen-bond donors (Lipinski definition) is 2. The van der Waals surface area contributed by atoms with E-state index >= 15 is 0 Å². The molecule has 4 heteroatoms. The van der Waals surface area contributed by atoms with Gasteiger partial charge in [0, 0.05) is 5.75 Å². The summed E-state index contributed by atoms with van der Waals surface area (Å²) < 4.78 is 4.78. The molecule has 0 aromatic carbocycles. The molecule has 0 aromatic rings. The minimum Gasteiger partial charge on any atom is -0.393 e. The van der Waals surface area contributed by atoms with Crippen molar-refractivity contribution < 1.29 is 14.9 Å². The summed E-state index contributed by atoms with van der Waals surface area (Å²) in [5.74, 6) is 0.575. The lowest BCUT2D eigenvalue weighted by Crippen LogP contribution is -2.12. The van der Waals surface area contributed by atoms with Gasteiger partial charge in [0.25, 0.3) is 0 Å². The van der Waals surface area contributed by atoms with Crippen LogP contribution < -0.4 is 0 Å². The Morgan fingerprint density at radius 2 is 2.50 bits per heavy atom. The lowest BCUT2D eigenvalue weighted by molar-refractivity contribution is -0.0899. The third-order valence-electron chi connectivity index (χ3n) is 0.883. The summed E-state index contributed by atoms with van der Waals surface area (Å²) in [6, 6.07) is 0. The summed E-state index contributed by atoms with van der Waals surface area (Å²) in [7, 11) is 0. The Kier molecular flexibility index (Phi) is 2.13. The first-order valence-corrected chi connectivity index (χ1v) is 3.44. The molecule has 0 spiro atoms. The Hall–Kier alpha value is 0.230. The monoisotopic (exact) mass is 136 g/mol. The number of rotatable bonds is 1. The van der Waals surface area contributed by atoms with Crippen LogP contribution in [0.4, 0.5) is 0 Å². The van der Waals surface area contributed by atoms with Crippen LogP contribution in [0.15, 0.2) is 0 Å². The van der Waals surface area contributed by atoms with Gasteiger partial charge in [-0.1, -0.05) is 0 Å². The van der Waals surface area contributed by atoms with E-state index in [1.165, 1.54) is 11.8 Å². The Bertz CT molecular complexity index is 77.7. The lowest BCUT2D eigenvalue weighted by Gasteiger charge is -2.02. The van der Waals surface area contributed by atoms with Crippen molar-refractivity contribution in [2.45, 2.75) is 11.7 Å². The van der Waals surface area contributed by atoms with Crippen LogP contribution in [-0.4, -0.2) is 34.3 Å². The van der Waals surface area contributed by atoms with Gasteiger partial charge in [0.1, 0.15) is 5.44 Å². The SMILES string of the molecule is OC[C@@H]1O[C@H](O)CS1. The molecule has 48 valence electrons. The number of aliphatic hydroxyl groups is 2. The van der Waals surface area contributed by atoms with Crippen LogP contribution in [0, 0.1) is 0 Å². The van der Waals surface area contributed by atoms with E-state index in [1.807, 2.05) is 0 Å². The van der Waals surface area contributed by atoms with Crippen molar-refractivity contribution in [2.75, 3.05) is 12.4 Å². The minimum absolute atomic E-state index is 0.0122. The molecule has 0 saturated carbocycles. The standard InChI is InChI=1S/C4H8O3S/c5-1-4-7-3(6)2-8-4/h3-6H,1-2H2/t3-,4+/m0/s1. The van der Waals surface area contributed by atoms with Crippen LogP contribution in [-0.2, 0) is 4.74 Å². The zero-order valence-electron chi connectivity index (χ0n) is 4.28. The third-order valence-corrected chi connectivity index (χ3v) is 1.99. The highest BCUT2D eigenvalue weighted by atomic mass is 32.2. The fourth-order valence-corrected chi connectivity index (χ4v) is 1.31. The molecule has 1 heterocycles. The van der Waals surface area contributed by atoms with Crippen LogP contribution >= 0.6 is 11.8 Å². The highest BCUT2D eigenvalue weighted by Crippen LogP contribution is 2.22. The van der Waals surface area contributed by atoms with Crippen molar-refractivity contribution in [2.24, 2.45) is 0 Å². The second kappa shape index (κ2) is 2.68. The summed E-state index contributed by atoms with van der Waals surface area (Å²) in [6.07, 6.45) is -0.669. The smallest absolute Gasteiger partial charge is 0.165 e. The van der Waals surface area contributed by atoms with Crippen LogP contribution in [0.3, 0.4) is 0 Å². The van der Waals surface area contributed by atoms with E-state index < -0.39 is 6.29 Å². The van der Waals surface area contributed by atoms with Gasteiger partial charge >= 0.3 is 0 Å². The zero-order chi connectivity index (χ0) is 5.98. The second-order valence-electron chi connectivity index (χ2n) is 1.54. The normalized spacial score (nSPS) is 38.2. The summed E-state index contributed by atoms with van der Waals surface area (Å²) >= 11 is 1.43. The molecular formula is C4H8O3S. The van der Waals surface area contributed by atoms with E-state index in [-0.39, 0.29) is 12.0 Å². The molecule has 0 amide bonds. The third kappa shape index (κ3) is 1.35. The van der Waals surface area contributed by atoms with Crippen LogP contribution in [0.2, 0.25) is 0 Å². The Morgan fingerprint density at radius 3 is 2.75 bits per heavy atom. The van der Waals surface area contributed by atoms with E-state index in [2.05, 4.69) is 0 Å². The summed E-state index contributed by atoms with van der Waals surface area (Å²) in [5, 5.41) is 17.1. The summed E-state index contributed by atoms with van der Waals surface area (Å²) in [6.45, 7) is -0.0122. The predicted molar refractivity (Wildman–Crippen MR) is 30.4 cm³/mol. The highest BCUT2D eigenvalue weighted by Gasteiger charge is 2.22. The van der Waals surface area contributed by atoms with E-state index in [0.717, 1.165) is 0 Å². The summed E-state index contributed by atoms with van der Waals surface area (Å²) in [4.78, 5) is 0. The molecule has 1 rings (SSSR count). The fraction of sp³-hybridized carbons (Fsp3) is 1.00. The van der Waals surface area contributed by atoms with Gasteiger partial charge in [0.15, 0.2) is 6.29 Å².